The molecular formula is C20H30N4O4SSi. The molecule has 0 heterocycles. The largest absolute Gasteiger partial charge is 0.469 e. The van der Waals surface area contributed by atoms with Gasteiger partial charge < -0.3 is 4.74 Å². The van der Waals surface area contributed by atoms with Crippen LogP contribution in [0.25, 0.3) is 10.4 Å². The van der Waals surface area contributed by atoms with E-state index in [0.29, 0.717) is 11.6 Å². The monoisotopic (exact) mass is 450 g/mol. The molecule has 0 aliphatic carbocycles. The van der Waals surface area contributed by atoms with Crippen molar-refractivity contribution in [3.8, 4) is 12.3 Å². The van der Waals surface area contributed by atoms with Crippen LogP contribution in [0.15, 0.2) is 29.4 Å². The van der Waals surface area contributed by atoms with Crippen LogP contribution in [-0.4, -0.2) is 52.7 Å². The van der Waals surface area contributed by atoms with Gasteiger partial charge in [0.15, 0.2) is 0 Å². The molecular weight excluding hydrogens is 420 g/mol. The van der Waals surface area contributed by atoms with Gasteiger partial charge in [-0.3, -0.25) is 4.79 Å². The van der Waals surface area contributed by atoms with E-state index >= 15 is 0 Å². The maximum absolute atomic E-state index is 13.4. The number of hydrogen-bond donors (Lipinski definition) is 0. The lowest BCUT2D eigenvalue weighted by Gasteiger charge is -2.34. The van der Waals surface area contributed by atoms with E-state index in [9.17, 15) is 13.2 Å². The summed E-state index contributed by atoms with van der Waals surface area (Å²) in [5.41, 5.74) is 10.3. The summed E-state index contributed by atoms with van der Waals surface area (Å²) < 4.78 is 32.8. The Bertz CT molecular complexity index is 931. The quantitative estimate of drug-likeness (QED) is 0.128. The molecule has 0 aliphatic heterocycles. The molecule has 0 radical (unpaired) electrons. The van der Waals surface area contributed by atoms with Gasteiger partial charge in [-0.1, -0.05) is 60.5 Å². The second-order valence-corrected chi connectivity index (χ2v) is 15.9. The first-order valence-corrected chi connectivity index (χ1v) is 14.9. The number of ether oxygens (including phenoxy) is 1. The average Bonchev–Trinajstić information content (AvgIpc) is 2.67. The molecule has 1 aromatic rings. The number of terminal acetylenes is 1. The highest BCUT2D eigenvalue weighted by Gasteiger charge is 2.40. The van der Waals surface area contributed by atoms with Gasteiger partial charge in [0.25, 0.3) is 0 Å². The maximum Gasteiger partial charge on any atom is 0.310 e. The summed E-state index contributed by atoms with van der Waals surface area (Å²) in [6.45, 7) is 7.66. The molecule has 2 atom stereocenters. The van der Waals surface area contributed by atoms with Gasteiger partial charge in [-0.25, -0.2) is 8.42 Å². The number of sulfonamides is 1. The zero-order valence-corrected chi connectivity index (χ0v) is 20.0. The van der Waals surface area contributed by atoms with Crippen molar-refractivity contribution in [2.75, 3.05) is 26.0 Å². The average molecular weight is 451 g/mol. The molecule has 10 heteroatoms. The van der Waals surface area contributed by atoms with Crippen LogP contribution in [0.1, 0.15) is 17.2 Å². The summed E-state index contributed by atoms with van der Waals surface area (Å²) in [5, 5.41) is 3.53. The first-order chi connectivity index (χ1) is 14.0. The fourth-order valence-corrected chi connectivity index (χ4v) is 7.65. The van der Waals surface area contributed by atoms with Crippen LogP contribution in [-0.2, 0) is 19.6 Å². The highest BCUT2D eigenvalue weighted by molar-refractivity contribution is 7.89. The predicted molar refractivity (Wildman–Crippen MR) is 121 cm³/mol. The Morgan fingerprint density at radius 2 is 2.07 bits per heavy atom. The molecule has 1 rings (SSSR count). The van der Waals surface area contributed by atoms with Crippen LogP contribution in [0.5, 0.6) is 0 Å². The van der Waals surface area contributed by atoms with Crippen LogP contribution < -0.4 is 0 Å². The number of nitrogens with zero attached hydrogens (tertiary/aromatic N) is 4. The van der Waals surface area contributed by atoms with Crippen molar-refractivity contribution in [2.45, 2.75) is 38.7 Å². The number of aryl methyl sites for hydroxylation is 1. The highest BCUT2D eigenvalue weighted by Crippen LogP contribution is 2.33. The van der Waals surface area contributed by atoms with Gasteiger partial charge in [0.1, 0.15) is 0 Å². The standard InChI is InChI=1S/C20H30N4O4SSi/c1-7-11-24(29(26,27)12-13-30(4,5)6)19(17-10-8-9-16(2)14-17)18(15-22-23-21)20(25)28-3/h1,8-10,14,18-19H,11-13,15H2,2-6H3/t18-,19+/m1/s1. The van der Waals surface area contributed by atoms with Gasteiger partial charge in [-0.2, -0.15) is 4.31 Å². The number of benzene rings is 1. The maximum atomic E-state index is 13.4. The van der Waals surface area contributed by atoms with E-state index in [1.54, 1.807) is 18.2 Å². The summed E-state index contributed by atoms with van der Waals surface area (Å²) in [6, 6.07) is 6.78. The van der Waals surface area contributed by atoms with Crippen LogP contribution in [0, 0.1) is 25.2 Å². The van der Waals surface area contributed by atoms with Gasteiger partial charge in [-0.15, -0.1) is 6.42 Å². The molecule has 8 nitrogen and oxygen atoms in total. The predicted octanol–water partition coefficient (Wildman–Crippen LogP) is 3.74. The van der Waals surface area contributed by atoms with E-state index in [1.165, 1.54) is 11.4 Å². The third-order valence-corrected chi connectivity index (χ3v) is 8.54. The number of esters is 1. The summed E-state index contributed by atoms with van der Waals surface area (Å²) in [6.07, 6.45) is 5.52. The molecule has 1 aromatic carbocycles. The van der Waals surface area contributed by atoms with Crippen molar-refractivity contribution < 1.29 is 17.9 Å². The first-order valence-electron chi connectivity index (χ1n) is 9.55. The Labute approximate surface area is 180 Å². The smallest absolute Gasteiger partial charge is 0.310 e. The van der Waals surface area contributed by atoms with Gasteiger partial charge in [-0.05, 0) is 24.1 Å². The van der Waals surface area contributed by atoms with Gasteiger partial charge in [0, 0.05) is 19.5 Å². The van der Waals surface area contributed by atoms with Crippen molar-refractivity contribution in [2.24, 2.45) is 11.0 Å². The first kappa shape index (κ1) is 25.7. The second-order valence-electron chi connectivity index (χ2n) is 8.28. The van der Waals surface area contributed by atoms with Crippen LogP contribution in [0.4, 0.5) is 0 Å². The van der Waals surface area contributed by atoms with E-state index in [4.69, 9.17) is 16.7 Å². The number of carbonyl (C=O) groups is 1. The minimum Gasteiger partial charge on any atom is -0.469 e. The van der Waals surface area contributed by atoms with Crippen LogP contribution >= 0.6 is 0 Å². The van der Waals surface area contributed by atoms with E-state index < -0.39 is 36.0 Å². The fraction of sp³-hybridized carbons (Fsp3) is 0.550. The molecule has 0 aromatic heterocycles. The Morgan fingerprint density at radius 1 is 1.40 bits per heavy atom. The van der Waals surface area contributed by atoms with E-state index in [2.05, 4.69) is 35.6 Å². The molecule has 0 saturated heterocycles. The minimum atomic E-state index is -3.81. The number of methoxy groups -OCH3 is 1. The molecule has 0 saturated carbocycles. The minimum absolute atomic E-state index is 0.0673. The molecule has 0 fully saturated rings. The summed E-state index contributed by atoms with van der Waals surface area (Å²) in [7, 11) is -4.25. The lowest BCUT2D eigenvalue weighted by atomic mass is 9.92. The molecule has 0 spiro atoms. The Morgan fingerprint density at radius 3 is 2.57 bits per heavy atom. The van der Waals surface area contributed by atoms with Gasteiger partial charge in [0.2, 0.25) is 10.0 Å². The third kappa shape index (κ3) is 7.50. The van der Waals surface area contributed by atoms with Crippen molar-refractivity contribution in [1.82, 2.24) is 4.31 Å². The number of carbonyl (C=O) groups excluding carboxylic acids is 1. The number of azide groups is 1. The van der Waals surface area contributed by atoms with Crippen LogP contribution in [0.2, 0.25) is 25.7 Å². The Kier molecular flexibility index (Phi) is 9.59. The summed E-state index contributed by atoms with van der Waals surface area (Å²) in [5.74, 6) is 0.630. The van der Waals surface area contributed by atoms with Crippen molar-refractivity contribution >= 4 is 24.1 Å². The van der Waals surface area contributed by atoms with Crippen molar-refractivity contribution in [3.63, 3.8) is 0 Å². The molecule has 0 unspecified atom stereocenters. The fourth-order valence-electron chi connectivity index (χ4n) is 3.04. The van der Waals surface area contributed by atoms with Crippen molar-refractivity contribution in [3.05, 3.63) is 45.8 Å². The van der Waals surface area contributed by atoms with E-state index in [1.807, 2.05) is 13.0 Å². The molecule has 0 aliphatic rings. The van der Waals surface area contributed by atoms with Crippen LogP contribution in [0.3, 0.4) is 0 Å². The van der Waals surface area contributed by atoms with Gasteiger partial charge >= 0.3 is 5.97 Å². The van der Waals surface area contributed by atoms with Crippen molar-refractivity contribution in [1.29, 1.82) is 0 Å². The highest BCUT2D eigenvalue weighted by atomic mass is 32.2. The molecule has 0 bridgehead atoms. The molecule has 164 valence electrons. The Balaban J connectivity index is 3.63. The number of hydrogen-bond acceptors (Lipinski definition) is 5. The lowest BCUT2D eigenvalue weighted by molar-refractivity contribution is -0.147. The Hall–Kier alpha value is -2.31. The zero-order chi connectivity index (χ0) is 22.9. The van der Waals surface area contributed by atoms with Gasteiger partial charge in [0.05, 0.1) is 31.4 Å². The SMILES string of the molecule is C#CCN([C@@H](c1cccc(C)c1)[C@@H](CN=[N+]=[N-])C(=O)OC)S(=O)(=O)CC[Si](C)(C)C. The molecule has 30 heavy (non-hydrogen) atoms. The molecule has 0 N–H and O–H groups in total. The number of rotatable bonds is 11. The van der Waals surface area contributed by atoms with E-state index in [-0.39, 0.29) is 18.8 Å². The topological polar surface area (TPSA) is 112 Å². The second kappa shape index (κ2) is 11.2. The lowest BCUT2D eigenvalue weighted by Crippen LogP contribution is -2.44. The zero-order valence-electron chi connectivity index (χ0n) is 18.2. The molecule has 0 amide bonds. The summed E-state index contributed by atoms with van der Waals surface area (Å²) >= 11 is 0. The normalized spacial score (nSPS) is 13.8. The van der Waals surface area contributed by atoms with E-state index in [0.717, 1.165) is 5.56 Å². The third-order valence-electron chi connectivity index (χ3n) is 4.64. The summed E-state index contributed by atoms with van der Waals surface area (Å²) in [4.78, 5) is 15.3.